The van der Waals surface area contributed by atoms with Crippen molar-refractivity contribution < 1.29 is 8.42 Å². The highest BCUT2D eigenvalue weighted by molar-refractivity contribution is 7.92. The predicted octanol–water partition coefficient (Wildman–Crippen LogP) is -0.0343. The molecule has 0 fully saturated rings. The summed E-state index contributed by atoms with van der Waals surface area (Å²) in [6, 6.07) is 2.35. The van der Waals surface area contributed by atoms with Crippen molar-refractivity contribution in [1.82, 2.24) is 15.0 Å². The van der Waals surface area contributed by atoms with Crippen molar-refractivity contribution in [3.63, 3.8) is 0 Å². The van der Waals surface area contributed by atoms with Crippen LogP contribution in [0.2, 0.25) is 0 Å². The first kappa shape index (κ1) is 11.3. The number of aromatic amines is 1. The van der Waals surface area contributed by atoms with Gasteiger partial charge < -0.3 is 4.98 Å². The third-order valence-electron chi connectivity index (χ3n) is 1.88. The monoisotopic (exact) mass is 252 g/mol. The molecule has 0 aromatic carbocycles. The van der Waals surface area contributed by atoms with Gasteiger partial charge in [0, 0.05) is 12.3 Å². The molecule has 0 unspecified atom stereocenters. The largest absolute Gasteiger partial charge is 0.328 e. The van der Waals surface area contributed by atoms with Gasteiger partial charge in [-0.1, -0.05) is 0 Å². The number of pyridine rings is 1. The maximum absolute atomic E-state index is 11.8. The summed E-state index contributed by atoms with van der Waals surface area (Å²) in [5.41, 5.74) is -0.120. The van der Waals surface area contributed by atoms with E-state index in [1.165, 1.54) is 24.8 Å². The average Bonchev–Trinajstić information content (AvgIpc) is 2.30. The minimum absolute atomic E-state index is 0.0408. The molecule has 88 valence electrons. The van der Waals surface area contributed by atoms with E-state index in [0.717, 1.165) is 12.3 Å². The van der Waals surface area contributed by atoms with Crippen LogP contribution in [0.5, 0.6) is 0 Å². The molecule has 2 heterocycles. The highest BCUT2D eigenvalue weighted by atomic mass is 32.2. The number of nitrogens with zero attached hydrogens (tertiary/aromatic N) is 2. The molecule has 0 aliphatic heterocycles. The van der Waals surface area contributed by atoms with E-state index in [1.54, 1.807) is 0 Å². The first-order valence-corrected chi connectivity index (χ1v) is 6.03. The molecule has 0 aliphatic rings. The zero-order valence-corrected chi connectivity index (χ0v) is 9.31. The van der Waals surface area contributed by atoms with Crippen LogP contribution in [0.25, 0.3) is 0 Å². The molecule has 17 heavy (non-hydrogen) atoms. The van der Waals surface area contributed by atoms with Crippen molar-refractivity contribution in [1.29, 1.82) is 0 Å². The summed E-state index contributed by atoms with van der Waals surface area (Å²) in [5, 5.41) is 0. The lowest BCUT2D eigenvalue weighted by Crippen LogP contribution is -2.15. The molecule has 0 radical (unpaired) electrons. The molecule has 7 nitrogen and oxygen atoms in total. The van der Waals surface area contributed by atoms with Crippen LogP contribution in [0.4, 0.5) is 5.69 Å². The van der Waals surface area contributed by atoms with Crippen LogP contribution in [0.15, 0.2) is 46.7 Å². The van der Waals surface area contributed by atoms with Crippen LogP contribution in [0.3, 0.4) is 0 Å². The maximum atomic E-state index is 11.8. The smallest absolute Gasteiger partial charge is 0.263 e. The molecule has 0 saturated carbocycles. The van der Waals surface area contributed by atoms with Crippen LogP contribution < -0.4 is 10.3 Å². The number of anilines is 1. The highest BCUT2D eigenvalue weighted by Gasteiger charge is 2.14. The Kier molecular flexibility index (Phi) is 2.88. The predicted molar refractivity (Wildman–Crippen MR) is 59.9 cm³/mol. The number of hydrogen-bond donors (Lipinski definition) is 2. The van der Waals surface area contributed by atoms with Gasteiger partial charge in [-0.2, -0.15) is 0 Å². The normalized spacial score (nSPS) is 11.1. The second-order valence-electron chi connectivity index (χ2n) is 3.12. The summed E-state index contributed by atoms with van der Waals surface area (Å²) >= 11 is 0. The highest BCUT2D eigenvalue weighted by Crippen LogP contribution is 2.11. The van der Waals surface area contributed by atoms with E-state index in [0.29, 0.717) is 0 Å². The zero-order chi connectivity index (χ0) is 12.3. The van der Waals surface area contributed by atoms with Gasteiger partial charge in [-0.15, -0.1) is 0 Å². The lowest BCUT2D eigenvalue weighted by Gasteiger charge is -2.06. The van der Waals surface area contributed by atoms with Gasteiger partial charge in [-0.05, 0) is 6.07 Å². The van der Waals surface area contributed by atoms with Gasteiger partial charge in [0.2, 0.25) is 5.56 Å². The van der Waals surface area contributed by atoms with Crippen molar-refractivity contribution in [2.45, 2.75) is 4.90 Å². The van der Waals surface area contributed by atoms with Crippen molar-refractivity contribution in [2.24, 2.45) is 0 Å². The Bertz CT molecular complexity index is 646. The van der Waals surface area contributed by atoms with Crippen LogP contribution in [0, 0.1) is 0 Å². The second-order valence-corrected chi connectivity index (χ2v) is 4.80. The maximum Gasteiger partial charge on any atom is 0.263 e. The zero-order valence-electron chi connectivity index (χ0n) is 8.49. The van der Waals surface area contributed by atoms with Gasteiger partial charge in [0.25, 0.3) is 10.0 Å². The fraction of sp³-hybridized carbons (Fsp3) is 0. The Morgan fingerprint density at radius 3 is 2.47 bits per heavy atom. The quantitative estimate of drug-likeness (QED) is 0.797. The molecule has 0 atom stereocenters. The molecular weight excluding hydrogens is 244 g/mol. The molecule has 0 spiro atoms. The third-order valence-corrected chi connectivity index (χ3v) is 3.26. The van der Waals surface area contributed by atoms with E-state index < -0.39 is 10.0 Å². The Morgan fingerprint density at radius 2 is 1.88 bits per heavy atom. The van der Waals surface area contributed by atoms with Gasteiger partial charge in [-0.3, -0.25) is 9.52 Å². The van der Waals surface area contributed by atoms with Crippen molar-refractivity contribution >= 4 is 15.7 Å². The van der Waals surface area contributed by atoms with E-state index in [1.807, 2.05) is 0 Å². The molecule has 0 aliphatic carbocycles. The molecule has 8 heteroatoms. The molecule has 0 saturated heterocycles. The number of rotatable bonds is 3. The van der Waals surface area contributed by atoms with E-state index in [9.17, 15) is 13.2 Å². The fourth-order valence-corrected chi connectivity index (χ4v) is 2.12. The summed E-state index contributed by atoms with van der Waals surface area (Å²) < 4.78 is 25.9. The number of aromatic nitrogens is 3. The lowest BCUT2D eigenvalue weighted by atomic mass is 10.5. The van der Waals surface area contributed by atoms with Gasteiger partial charge in [0.1, 0.15) is 11.2 Å². The minimum Gasteiger partial charge on any atom is -0.328 e. The Labute approximate surface area is 96.6 Å². The van der Waals surface area contributed by atoms with Crippen LogP contribution >= 0.6 is 0 Å². The summed E-state index contributed by atoms with van der Waals surface area (Å²) in [7, 11) is -3.73. The summed E-state index contributed by atoms with van der Waals surface area (Å²) in [6.45, 7) is 0. The molecule has 2 aromatic rings. The van der Waals surface area contributed by atoms with E-state index in [-0.39, 0.29) is 16.1 Å². The third kappa shape index (κ3) is 2.67. The standard InChI is InChI=1S/C9H8N4O3S/c14-9-2-1-8(5-12-9)17(15,16)13-7-3-10-6-11-4-7/h1-6,13H,(H,12,14). The SMILES string of the molecule is O=c1ccc(S(=O)(=O)Nc2cncnc2)c[nH]1. The average molecular weight is 252 g/mol. The van der Waals surface area contributed by atoms with E-state index in [2.05, 4.69) is 19.7 Å². The molecule has 0 amide bonds. The van der Waals surface area contributed by atoms with Crippen molar-refractivity contribution in [3.05, 3.63) is 47.4 Å². The van der Waals surface area contributed by atoms with Gasteiger partial charge >= 0.3 is 0 Å². The second kappa shape index (κ2) is 4.34. The molecule has 0 bridgehead atoms. The number of sulfonamides is 1. The minimum atomic E-state index is -3.73. The Hall–Kier alpha value is -2.22. The molecule has 2 aromatic heterocycles. The lowest BCUT2D eigenvalue weighted by molar-refractivity contribution is 0.600. The van der Waals surface area contributed by atoms with Crippen LogP contribution in [-0.4, -0.2) is 23.4 Å². The number of nitrogens with one attached hydrogen (secondary N) is 2. The van der Waals surface area contributed by atoms with Crippen molar-refractivity contribution in [3.8, 4) is 0 Å². The van der Waals surface area contributed by atoms with Crippen molar-refractivity contribution in [2.75, 3.05) is 4.72 Å². The summed E-state index contributed by atoms with van der Waals surface area (Å²) in [4.78, 5) is 20.4. The van der Waals surface area contributed by atoms with Gasteiger partial charge in [0.05, 0.1) is 18.1 Å². The molecular formula is C9H8N4O3S. The molecule has 2 rings (SSSR count). The van der Waals surface area contributed by atoms with E-state index in [4.69, 9.17) is 0 Å². The Balaban J connectivity index is 2.32. The topological polar surface area (TPSA) is 105 Å². The number of hydrogen-bond acceptors (Lipinski definition) is 5. The van der Waals surface area contributed by atoms with Crippen LogP contribution in [-0.2, 0) is 10.0 Å². The first-order valence-electron chi connectivity index (χ1n) is 4.54. The summed E-state index contributed by atoms with van der Waals surface area (Å²) in [5.74, 6) is 0. The fourth-order valence-electron chi connectivity index (χ4n) is 1.13. The number of H-pyrrole nitrogens is 1. The van der Waals surface area contributed by atoms with Gasteiger partial charge in [-0.25, -0.2) is 18.4 Å². The van der Waals surface area contributed by atoms with E-state index >= 15 is 0 Å². The van der Waals surface area contributed by atoms with Gasteiger partial charge in [0.15, 0.2) is 0 Å². The molecule has 2 N–H and O–H groups in total. The van der Waals surface area contributed by atoms with Crippen LogP contribution in [0.1, 0.15) is 0 Å². The Morgan fingerprint density at radius 1 is 1.18 bits per heavy atom. The first-order chi connectivity index (χ1) is 8.08. The summed E-state index contributed by atoms with van der Waals surface area (Å²) in [6.07, 6.45) is 5.07.